The number of nitrogens with zero attached hydrogens (tertiary/aromatic N) is 3. The van der Waals surface area contributed by atoms with Gasteiger partial charge in [-0.3, -0.25) is 0 Å². The van der Waals surface area contributed by atoms with Crippen LogP contribution in [0.15, 0.2) is 30.6 Å². The lowest BCUT2D eigenvalue weighted by atomic mass is 10.2. The predicted molar refractivity (Wildman–Crippen MR) is 81.9 cm³/mol. The van der Waals surface area contributed by atoms with Crippen LogP contribution in [0.4, 0.5) is 0 Å². The number of hydrogen-bond acceptors (Lipinski definition) is 4. The summed E-state index contributed by atoms with van der Waals surface area (Å²) in [5, 5.41) is 7.65. The minimum absolute atomic E-state index is 0.670. The molecule has 0 aliphatic rings. The van der Waals surface area contributed by atoms with Crippen molar-refractivity contribution >= 4 is 22.6 Å². The fraction of sp³-hybridized carbons (Fsp3) is 0.385. The van der Waals surface area contributed by atoms with Crippen molar-refractivity contribution in [3.05, 3.63) is 45.6 Å². The summed E-state index contributed by atoms with van der Waals surface area (Å²) in [5.41, 5.74) is 1.23. The second kappa shape index (κ2) is 7.56. The molecule has 0 bridgehead atoms. The zero-order valence-corrected chi connectivity index (χ0v) is 13.0. The standard InChI is InChI=1S/C13H17IN4O/c1-19-7-6-15-8-13-16-10-18(17-13)9-11-2-4-12(14)5-3-11/h2-5,10,15H,6-9H2,1H3. The van der Waals surface area contributed by atoms with Crippen LogP contribution in [0.3, 0.4) is 0 Å². The number of methoxy groups -OCH3 is 1. The largest absolute Gasteiger partial charge is 0.383 e. The molecule has 2 rings (SSSR count). The number of rotatable bonds is 7. The van der Waals surface area contributed by atoms with Crippen molar-refractivity contribution < 1.29 is 4.74 Å². The topological polar surface area (TPSA) is 52.0 Å². The number of benzene rings is 1. The summed E-state index contributed by atoms with van der Waals surface area (Å²) < 4.78 is 8.06. The summed E-state index contributed by atoms with van der Waals surface area (Å²) in [6.07, 6.45) is 1.77. The van der Waals surface area contributed by atoms with Crippen LogP contribution in [0.25, 0.3) is 0 Å². The second-order valence-corrected chi connectivity index (χ2v) is 5.40. The van der Waals surface area contributed by atoms with Gasteiger partial charge in [0.1, 0.15) is 6.33 Å². The molecule has 0 amide bonds. The molecule has 1 heterocycles. The fourth-order valence-corrected chi connectivity index (χ4v) is 2.00. The van der Waals surface area contributed by atoms with Crippen LogP contribution in [0.2, 0.25) is 0 Å². The zero-order chi connectivity index (χ0) is 13.5. The fourth-order valence-electron chi connectivity index (χ4n) is 1.64. The van der Waals surface area contributed by atoms with Gasteiger partial charge in [0, 0.05) is 17.2 Å². The Bertz CT molecular complexity index is 498. The first-order valence-corrected chi connectivity index (χ1v) is 7.18. The molecule has 19 heavy (non-hydrogen) atoms. The third-order valence-corrected chi connectivity index (χ3v) is 3.33. The van der Waals surface area contributed by atoms with Crippen molar-refractivity contribution in [2.75, 3.05) is 20.3 Å². The average Bonchev–Trinajstić information content (AvgIpc) is 2.85. The summed E-state index contributed by atoms with van der Waals surface area (Å²) in [6, 6.07) is 8.42. The van der Waals surface area contributed by atoms with E-state index >= 15 is 0 Å². The lowest BCUT2D eigenvalue weighted by molar-refractivity contribution is 0.199. The van der Waals surface area contributed by atoms with E-state index in [0.29, 0.717) is 13.2 Å². The van der Waals surface area contributed by atoms with Crippen LogP contribution in [0.1, 0.15) is 11.4 Å². The van der Waals surface area contributed by atoms with E-state index in [1.807, 2.05) is 4.68 Å². The van der Waals surface area contributed by atoms with Gasteiger partial charge >= 0.3 is 0 Å². The SMILES string of the molecule is COCCNCc1ncn(Cc2ccc(I)cc2)n1. The number of halogens is 1. The van der Waals surface area contributed by atoms with E-state index in [2.05, 4.69) is 62.3 Å². The molecule has 0 atom stereocenters. The minimum Gasteiger partial charge on any atom is -0.383 e. The second-order valence-electron chi connectivity index (χ2n) is 4.15. The van der Waals surface area contributed by atoms with Gasteiger partial charge in [-0.2, -0.15) is 5.10 Å². The van der Waals surface area contributed by atoms with Crippen LogP contribution in [0.5, 0.6) is 0 Å². The maximum atomic E-state index is 4.96. The quantitative estimate of drug-likeness (QED) is 0.594. The number of hydrogen-bond donors (Lipinski definition) is 1. The third-order valence-electron chi connectivity index (χ3n) is 2.61. The first kappa shape index (κ1) is 14.4. The molecule has 1 aromatic carbocycles. The van der Waals surface area contributed by atoms with E-state index in [9.17, 15) is 0 Å². The minimum atomic E-state index is 0.670. The Labute approximate surface area is 126 Å². The van der Waals surface area contributed by atoms with Crippen molar-refractivity contribution in [3.63, 3.8) is 0 Å². The van der Waals surface area contributed by atoms with E-state index < -0.39 is 0 Å². The summed E-state index contributed by atoms with van der Waals surface area (Å²) >= 11 is 2.30. The molecule has 0 spiro atoms. The van der Waals surface area contributed by atoms with E-state index in [1.165, 1.54) is 9.13 Å². The Balaban J connectivity index is 1.85. The van der Waals surface area contributed by atoms with Gasteiger partial charge in [-0.15, -0.1) is 0 Å². The molecule has 0 radical (unpaired) electrons. The summed E-state index contributed by atoms with van der Waals surface area (Å²) in [5.74, 6) is 0.807. The monoisotopic (exact) mass is 372 g/mol. The van der Waals surface area contributed by atoms with E-state index in [4.69, 9.17) is 4.74 Å². The summed E-state index contributed by atoms with van der Waals surface area (Å²) in [4.78, 5) is 4.27. The van der Waals surface area contributed by atoms with Gasteiger partial charge in [0.25, 0.3) is 0 Å². The number of ether oxygens (including phenoxy) is 1. The molecule has 0 aliphatic carbocycles. The molecule has 102 valence electrons. The lowest BCUT2D eigenvalue weighted by Gasteiger charge is -2.02. The Hall–Kier alpha value is -0.990. The molecule has 5 nitrogen and oxygen atoms in total. The molecule has 1 aromatic heterocycles. The molecule has 0 fully saturated rings. The first-order valence-electron chi connectivity index (χ1n) is 6.10. The third kappa shape index (κ3) is 4.88. The molecule has 0 saturated carbocycles. The molecular formula is C13H17IN4O. The van der Waals surface area contributed by atoms with E-state index in [0.717, 1.165) is 18.9 Å². The maximum Gasteiger partial charge on any atom is 0.164 e. The van der Waals surface area contributed by atoms with Gasteiger partial charge in [-0.05, 0) is 40.3 Å². The van der Waals surface area contributed by atoms with Crippen molar-refractivity contribution in [1.82, 2.24) is 20.1 Å². The van der Waals surface area contributed by atoms with E-state index in [1.54, 1.807) is 13.4 Å². The predicted octanol–water partition coefficient (Wildman–Crippen LogP) is 1.67. The van der Waals surface area contributed by atoms with Gasteiger partial charge in [-0.1, -0.05) is 12.1 Å². The first-order chi connectivity index (χ1) is 9.28. The molecule has 2 aromatic rings. The highest BCUT2D eigenvalue weighted by Gasteiger charge is 2.01. The Kier molecular flexibility index (Phi) is 5.74. The highest BCUT2D eigenvalue weighted by molar-refractivity contribution is 14.1. The van der Waals surface area contributed by atoms with Gasteiger partial charge < -0.3 is 10.1 Å². The normalized spacial score (nSPS) is 10.8. The van der Waals surface area contributed by atoms with Crippen molar-refractivity contribution in [2.45, 2.75) is 13.1 Å². The smallest absolute Gasteiger partial charge is 0.164 e. The molecule has 1 N–H and O–H groups in total. The summed E-state index contributed by atoms with van der Waals surface area (Å²) in [7, 11) is 1.69. The molecule has 0 unspecified atom stereocenters. The van der Waals surface area contributed by atoms with Crippen LogP contribution in [-0.4, -0.2) is 35.0 Å². The summed E-state index contributed by atoms with van der Waals surface area (Å²) in [6.45, 7) is 2.93. The lowest BCUT2D eigenvalue weighted by Crippen LogP contribution is -2.19. The molecule has 6 heteroatoms. The molecular weight excluding hydrogens is 355 g/mol. The maximum absolute atomic E-state index is 4.96. The average molecular weight is 372 g/mol. The van der Waals surface area contributed by atoms with Crippen LogP contribution < -0.4 is 5.32 Å². The number of aromatic nitrogens is 3. The van der Waals surface area contributed by atoms with Crippen molar-refractivity contribution in [2.24, 2.45) is 0 Å². The van der Waals surface area contributed by atoms with Crippen LogP contribution in [-0.2, 0) is 17.8 Å². The van der Waals surface area contributed by atoms with Gasteiger partial charge in [0.2, 0.25) is 0 Å². The highest BCUT2D eigenvalue weighted by atomic mass is 127. The highest BCUT2D eigenvalue weighted by Crippen LogP contribution is 2.07. The van der Waals surface area contributed by atoms with Crippen molar-refractivity contribution in [3.8, 4) is 0 Å². The Morgan fingerprint density at radius 2 is 2.11 bits per heavy atom. The van der Waals surface area contributed by atoms with Crippen LogP contribution in [0, 0.1) is 3.57 Å². The van der Waals surface area contributed by atoms with Gasteiger partial charge in [0.05, 0.1) is 19.7 Å². The van der Waals surface area contributed by atoms with Crippen molar-refractivity contribution in [1.29, 1.82) is 0 Å². The Morgan fingerprint density at radius 1 is 1.32 bits per heavy atom. The zero-order valence-electron chi connectivity index (χ0n) is 10.8. The van der Waals surface area contributed by atoms with Crippen LogP contribution >= 0.6 is 22.6 Å². The number of nitrogens with one attached hydrogen (secondary N) is 1. The van der Waals surface area contributed by atoms with Gasteiger partial charge in [-0.25, -0.2) is 9.67 Å². The molecule has 0 saturated heterocycles. The molecule has 0 aliphatic heterocycles. The van der Waals surface area contributed by atoms with E-state index in [-0.39, 0.29) is 0 Å². The van der Waals surface area contributed by atoms with Gasteiger partial charge in [0.15, 0.2) is 5.82 Å². The Morgan fingerprint density at radius 3 is 2.84 bits per heavy atom.